The largest absolute Gasteiger partial charge is 0.354 e. The zero-order chi connectivity index (χ0) is 22.1. The minimum atomic E-state index is -0.0193. The molecule has 1 aliphatic heterocycles. The van der Waals surface area contributed by atoms with E-state index in [1.165, 1.54) is 17.7 Å². The number of hydrogen-bond acceptors (Lipinski definition) is 5. The molecule has 0 radical (unpaired) electrons. The molecule has 1 aromatic carbocycles. The molecule has 1 fully saturated rings. The zero-order valence-corrected chi connectivity index (χ0v) is 22.3. The average molecular weight is 571 g/mol. The van der Waals surface area contributed by atoms with Gasteiger partial charge < -0.3 is 20.9 Å². The molecule has 1 saturated heterocycles. The number of likely N-dealkylation sites (N-methyl/N-ethyl adjacent to an activating group) is 1. The Balaban J connectivity index is 0.00000363. The Kier molecular flexibility index (Phi) is 11.4. The average Bonchev–Trinajstić information content (AvgIpc) is 3.45. The highest BCUT2D eigenvalue weighted by atomic mass is 127. The fraction of sp³-hybridized carbons (Fsp3) is 0.478. The molecule has 1 amide bonds. The number of hydrogen-bond donors (Lipinski definition) is 3. The van der Waals surface area contributed by atoms with E-state index in [-0.39, 0.29) is 29.9 Å². The second-order valence-electron chi connectivity index (χ2n) is 8.07. The second kappa shape index (κ2) is 13.8. The van der Waals surface area contributed by atoms with Crippen molar-refractivity contribution >= 4 is 52.9 Å². The van der Waals surface area contributed by atoms with Crippen LogP contribution in [0.25, 0.3) is 0 Å². The Morgan fingerprint density at radius 3 is 2.62 bits per heavy atom. The van der Waals surface area contributed by atoms with E-state index in [4.69, 9.17) is 0 Å². The first-order chi connectivity index (χ1) is 15.0. The number of carbonyl (C=O) groups excluding carboxylic acids is 1. The minimum Gasteiger partial charge on any atom is -0.354 e. The van der Waals surface area contributed by atoms with Crippen molar-refractivity contribution in [3.05, 3.63) is 52.2 Å². The standard InChI is InChI=1S/C23H34N6OS.HI/c1-24-23(26-16-20(21-10-7-13-31-21)29-11-4-5-12-29)25-15-18-8-6-9-19(14-18)27-22(30)17-28(2)3;/h6-10,13-14,20H,4-5,11-12,15-17H2,1-3H3,(H,27,30)(H2,24,25,26);1H. The number of guanidine groups is 1. The summed E-state index contributed by atoms with van der Waals surface area (Å²) >= 11 is 1.82. The molecule has 3 rings (SSSR count). The number of anilines is 1. The highest BCUT2D eigenvalue weighted by Gasteiger charge is 2.24. The molecule has 0 aliphatic carbocycles. The molecular weight excluding hydrogens is 535 g/mol. The van der Waals surface area contributed by atoms with E-state index in [2.05, 4.69) is 43.4 Å². The number of nitrogens with zero attached hydrogens (tertiary/aromatic N) is 3. The molecule has 1 atom stereocenters. The first kappa shape index (κ1) is 26.6. The summed E-state index contributed by atoms with van der Waals surface area (Å²) < 4.78 is 0. The predicted octanol–water partition coefficient (Wildman–Crippen LogP) is 3.37. The van der Waals surface area contributed by atoms with Crippen LogP contribution in [0.4, 0.5) is 5.69 Å². The number of likely N-dealkylation sites (tertiary alicyclic amines) is 1. The molecule has 7 nitrogen and oxygen atoms in total. The van der Waals surface area contributed by atoms with E-state index in [0.717, 1.165) is 36.8 Å². The van der Waals surface area contributed by atoms with Gasteiger partial charge in [0.05, 0.1) is 12.6 Å². The van der Waals surface area contributed by atoms with Crippen LogP contribution in [0.1, 0.15) is 29.3 Å². The predicted molar refractivity (Wildman–Crippen MR) is 145 cm³/mol. The van der Waals surface area contributed by atoms with Crippen LogP contribution in [0.15, 0.2) is 46.8 Å². The summed E-state index contributed by atoms with van der Waals surface area (Å²) in [7, 11) is 5.56. The molecule has 2 heterocycles. The molecule has 176 valence electrons. The molecule has 0 bridgehead atoms. The minimum absolute atomic E-state index is 0. The third-order valence-corrected chi connectivity index (χ3v) is 6.24. The smallest absolute Gasteiger partial charge is 0.238 e. The quantitative estimate of drug-likeness (QED) is 0.245. The topological polar surface area (TPSA) is 72.0 Å². The fourth-order valence-electron chi connectivity index (χ4n) is 3.79. The maximum atomic E-state index is 12.0. The van der Waals surface area contributed by atoms with E-state index >= 15 is 0 Å². The summed E-state index contributed by atoms with van der Waals surface area (Å²) in [5.74, 6) is 0.761. The number of rotatable bonds is 9. The van der Waals surface area contributed by atoms with Gasteiger partial charge in [-0.15, -0.1) is 35.3 Å². The van der Waals surface area contributed by atoms with E-state index in [1.807, 2.05) is 54.6 Å². The second-order valence-corrected chi connectivity index (χ2v) is 9.05. The number of thiophene rings is 1. The SMILES string of the molecule is CN=C(NCc1cccc(NC(=O)CN(C)C)c1)NCC(c1cccs1)N1CCCC1.I. The molecule has 1 unspecified atom stereocenters. The Morgan fingerprint density at radius 1 is 1.19 bits per heavy atom. The summed E-state index contributed by atoms with van der Waals surface area (Å²) in [5.41, 5.74) is 1.89. The maximum Gasteiger partial charge on any atom is 0.238 e. The molecule has 2 aromatic rings. The van der Waals surface area contributed by atoms with Crippen LogP contribution < -0.4 is 16.0 Å². The third kappa shape index (κ3) is 8.34. The van der Waals surface area contributed by atoms with Crippen LogP contribution >= 0.6 is 35.3 Å². The number of benzene rings is 1. The number of carbonyl (C=O) groups is 1. The maximum absolute atomic E-state index is 12.0. The highest BCUT2D eigenvalue weighted by molar-refractivity contribution is 14.0. The number of nitrogens with one attached hydrogen (secondary N) is 3. The van der Waals surface area contributed by atoms with Crippen molar-refractivity contribution < 1.29 is 4.79 Å². The fourth-order valence-corrected chi connectivity index (χ4v) is 4.65. The third-order valence-electron chi connectivity index (χ3n) is 5.27. The molecule has 1 aliphatic rings. The van der Waals surface area contributed by atoms with Gasteiger partial charge in [-0.05, 0) is 69.2 Å². The lowest BCUT2D eigenvalue weighted by atomic mass is 10.2. The van der Waals surface area contributed by atoms with E-state index in [1.54, 1.807) is 7.05 Å². The lowest BCUT2D eigenvalue weighted by Gasteiger charge is -2.27. The monoisotopic (exact) mass is 570 g/mol. The lowest BCUT2D eigenvalue weighted by molar-refractivity contribution is -0.116. The van der Waals surface area contributed by atoms with E-state index in [9.17, 15) is 4.79 Å². The molecule has 0 saturated carbocycles. The van der Waals surface area contributed by atoms with Crippen LogP contribution in [-0.4, -0.2) is 69.0 Å². The summed E-state index contributed by atoms with van der Waals surface area (Å²) in [5, 5.41) is 12.0. The molecule has 32 heavy (non-hydrogen) atoms. The van der Waals surface area contributed by atoms with Crippen molar-refractivity contribution in [2.45, 2.75) is 25.4 Å². The molecule has 9 heteroatoms. The van der Waals surface area contributed by atoms with Gasteiger partial charge in [0, 0.05) is 30.7 Å². The Bertz CT molecular complexity index is 852. The van der Waals surface area contributed by atoms with Gasteiger partial charge in [0.2, 0.25) is 5.91 Å². The van der Waals surface area contributed by atoms with E-state index in [0.29, 0.717) is 19.1 Å². The van der Waals surface area contributed by atoms with Gasteiger partial charge in [-0.25, -0.2) is 0 Å². The Morgan fingerprint density at radius 2 is 1.97 bits per heavy atom. The first-order valence-electron chi connectivity index (χ1n) is 10.8. The van der Waals surface area contributed by atoms with Crippen molar-refractivity contribution in [2.75, 3.05) is 52.6 Å². The normalized spacial score (nSPS) is 15.3. The molecule has 0 spiro atoms. The van der Waals surface area contributed by atoms with Crippen LogP contribution in [0.5, 0.6) is 0 Å². The van der Waals surface area contributed by atoms with Crippen LogP contribution in [0, 0.1) is 0 Å². The zero-order valence-electron chi connectivity index (χ0n) is 19.1. The number of aliphatic imine (C=N–C) groups is 1. The van der Waals surface area contributed by atoms with Crippen LogP contribution in [0.2, 0.25) is 0 Å². The summed E-state index contributed by atoms with van der Waals surface area (Å²) in [6.45, 7) is 4.12. The van der Waals surface area contributed by atoms with Crippen molar-refractivity contribution in [2.24, 2.45) is 4.99 Å². The van der Waals surface area contributed by atoms with Gasteiger partial charge in [-0.3, -0.25) is 14.7 Å². The summed E-state index contributed by atoms with van der Waals surface area (Å²) in [4.78, 5) is 22.2. The molecular formula is C23H35IN6OS. The van der Waals surface area contributed by atoms with Crippen molar-refractivity contribution in [1.29, 1.82) is 0 Å². The van der Waals surface area contributed by atoms with E-state index < -0.39 is 0 Å². The highest BCUT2D eigenvalue weighted by Crippen LogP contribution is 2.27. The van der Waals surface area contributed by atoms with Gasteiger partial charge in [0.1, 0.15) is 0 Å². The first-order valence-corrected chi connectivity index (χ1v) is 11.7. The number of amides is 1. The van der Waals surface area contributed by atoms with Crippen LogP contribution in [-0.2, 0) is 11.3 Å². The molecule has 3 N–H and O–H groups in total. The Hall–Kier alpha value is -1.69. The Labute approximate surface area is 212 Å². The number of halogens is 1. The van der Waals surface area contributed by atoms with Crippen molar-refractivity contribution in [3.8, 4) is 0 Å². The lowest BCUT2D eigenvalue weighted by Crippen LogP contribution is -2.42. The van der Waals surface area contributed by atoms with Gasteiger partial charge in [-0.1, -0.05) is 18.2 Å². The van der Waals surface area contributed by atoms with Gasteiger partial charge in [-0.2, -0.15) is 0 Å². The summed E-state index contributed by atoms with van der Waals surface area (Å²) in [6.07, 6.45) is 2.55. The summed E-state index contributed by atoms with van der Waals surface area (Å²) in [6, 6.07) is 12.6. The van der Waals surface area contributed by atoms with Crippen LogP contribution in [0.3, 0.4) is 0 Å². The van der Waals surface area contributed by atoms with Crippen molar-refractivity contribution in [1.82, 2.24) is 20.4 Å². The van der Waals surface area contributed by atoms with Gasteiger partial charge in [0.15, 0.2) is 5.96 Å². The molecule has 1 aromatic heterocycles. The van der Waals surface area contributed by atoms with Crippen molar-refractivity contribution in [3.63, 3.8) is 0 Å². The van der Waals surface area contributed by atoms with Gasteiger partial charge >= 0.3 is 0 Å². The van der Waals surface area contributed by atoms with Gasteiger partial charge in [0.25, 0.3) is 0 Å².